The van der Waals surface area contributed by atoms with Crippen LogP contribution in [-0.4, -0.2) is 34.9 Å². The minimum Gasteiger partial charge on any atom is -0.479 e. The average molecular weight is 252 g/mol. The third-order valence-electron chi connectivity index (χ3n) is 2.37. The standard InChI is InChI=1S/C12H16N2O4/c1-7-3-4-9(8(2)5-7)14-12(18)13-6-10(15)11(16)17/h3-5,10,15H,6H2,1-2H3,(H,16,17)(H2,13,14,18)/t10-/m0/s1. The van der Waals surface area contributed by atoms with Gasteiger partial charge in [0.25, 0.3) is 0 Å². The molecule has 0 aliphatic carbocycles. The number of hydrogen-bond acceptors (Lipinski definition) is 3. The van der Waals surface area contributed by atoms with Crippen molar-refractivity contribution in [3.8, 4) is 0 Å². The first kappa shape index (κ1) is 14.0. The van der Waals surface area contributed by atoms with Crippen molar-refractivity contribution in [3.63, 3.8) is 0 Å². The topological polar surface area (TPSA) is 98.7 Å². The van der Waals surface area contributed by atoms with Gasteiger partial charge in [-0.05, 0) is 25.5 Å². The van der Waals surface area contributed by atoms with Gasteiger partial charge < -0.3 is 20.8 Å². The first-order chi connectivity index (χ1) is 8.40. The molecule has 98 valence electrons. The van der Waals surface area contributed by atoms with Crippen molar-refractivity contribution in [2.45, 2.75) is 20.0 Å². The maximum Gasteiger partial charge on any atom is 0.334 e. The van der Waals surface area contributed by atoms with Gasteiger partial charge in [-0.2, -0.15) is 0 Å². The van der Waals surface area contributed by atoms with E-state index in [1.165, 1.54) is 0 Å². The molecule has 1 aromatic carbocycles. The van der Waals surface area contributed by atoms with E-state index in [9.17, 15) is 9.59 Å². The fourth-order valence-electron chi connectivity index (χ4n) is 1.40. The Bertz CT molecular complexity index is 459. The Kier molecular flexibility index (Phi) is 4.67. The van der Waals surface area contributed by atoms with Crippen LogP contribution in [-0.2, 0) is 4.79 Å². The molecule has 6 heteroatoms. The number of aliphatic hydroxyl groups is 1. The van der Waals surface area contributed by atoms with Crippen molar-refractivity contribution in [3.05, 3.63) is 29.3 Å². The summed E-state index contributed by atoms with van der Waals surface area (Å²) in [6, 6.07) is 4.98. The maximum absolute atomic E-state index is 11.5. The zero-order valence-corrected chi connectivity index (χ0v) is 10.2. The van der Waals surface area contributed by atoms with Crippen LogP contribution in [0.1, 0.15) is 11.1 Å². The van der Waals surface area contributed by atoms with Crippen LogP contribution < -0.4 is 10.6 Å². The van der Waals surface area contributed by atoms with Gasteiger partial charge >= 0.3 is 12.0 Å². The van der Waals surface area contributed by atoms with E-state index in [1.807, 2.05) is 26.0 Å². The Labute approximate surface area is 105 Å². The highest BCUT2D eigenvalue weighted by molar-refractivity contribution is 5.90. The molecule has 0 saturated heterocycles. The molecule has 2 amide bonds. The highest BCUT2D eigenvalue weighted by Crippen LogP contribution is 2.15. The number of benzene rings is 1. The number of urea groups is 1. The van der Waals surface area contributed by atoms with Crippen LogP contribution in [0.4, 0.5) is 10.5 Å². The van der Waals surface area contributed by atoms with Gasteiger partial charge in [0, 0.05) is 5.69 Å². The molecule has 0 radical (unpaired) electrons. The molecule has 1 atom stereocenters. The van der Waals surface area contributed by atoms with E-state index in [4.69, 9.17) is 10.2 Å². The number of hydrogen-bond donors (Lipinski definition) is 4. The minimum absolute atomic E-state index is 0.341. The fourth-order valence-corrected chi connectivity index (χ4v) is 1.40. The van der Waals surface area contributed by atoms with Crippen LogP contribution in [0.25, 0.3) is 0 Å². The molecule has 0 spiro atoms. The van der Waals surface area contributed by atoms with Crippen LogP contribution in [0.5, 0.6) is 0 Å². The molecule has 0 bridgehead atoms. The third-order valence-corrected chi connectivity index (χ3v) is 2.37. The first-order valence-corrected chi connectivity index (χ1v) is 5.43. The monoisotopic (exact) mass is 252 g/mol. The molecular formula is C12H16N2O4. The third kappa shape index (κ3) is 4.06. The molecule has 18 heavy (non-hydrogen) atoms. The largest absolute Gasteiger partial charge is 0.479 e. The number of carboxylic acids is 1. The van der Waals surface area contributed by atoms with Crippen LogP contribution >= 0.6 is 0 Å². The lowest BCUT2D eigenvalue weighted by Gasteiger charge is -2.11. The van der Waals surface area contributed by atoms with Crippen molar-refractivity contribution < 1.29 is 19.8 Å². The van der Waals surface area contributed by atoms with Crippen molar-refractivity contribution in [1.82, 2.24) is 5.32 Å². The molecule has 0 unspecified atom stereocenters. The molecule has 1 rings (SSSR count). The lowest BCUT2D eigenvalue weighted by Crippen LogP contribution is -2.38. The van der Waals surface area contributed by atoms with Crippen LogP contribution in [0.3, 0.4) is 0 Å². The Hall–Kier alpha value is -2.08. The van der Waals surface area contributed by atoms with Gasteiger partial charge in [-0.15, -0.1) is 0 Å². The summed E-state index contributed by atoms with van der Waals surface area (Å²) in [5, 5.41) is 22.3. The highest BCUT2D eigenvalue weighted by Gasteiger charge is 2.14. The summed E-state index contributed by atoms with van der Waals surface area (Å²) >= 11 is 0. The van der Waals surface area contributed by atoms with Crippen LogP contribution in [0.15, 0.2) is 18.2 Å². The molecule has 0 aliphatic rings. The van der Waals surface area contributed by atoms with E-state index in [2.05, 4.69) is 10.6 Å². The van der Waals surface area contributed by atoms with E-state index < -0.39 is 18.1 Å². The van der Waals surface area contributed by atoms with Gasteiger partial charge in [-0.25, -0.2) is 9.59 Å². The van der Waals surface area contributed by atoms with Crippen LogP contribution in [0, 0.1) is 13.8 Å². The summed E-state index contributed by atoms with van der Waals surface area (Å²) in [6.45, 7) is 3.46. The molecule has 6 nitrogen and oxygen atoms in total. The Morgan fingerprint density at radius 1 is 1.33 bits per heavy atom. The second kappa shape index (κ2) is 6.02. The molecule has 0 aromatic heterocycles. The second-order valence-electron chi connectivity index (χ2n) is 4.01. The predicted octanol–water partition coefficient (Wildman–Crippen LogP) is 0.870. The molecule has 1 aromatic rings. The van der Waals surface area contributed by atoms with Crippen molar-refractivity contribution in [2.24, 2.45) is 0 Å². The van der Waals surface area contributed by atoms with Crippen LogP contribution in [0.2, 0.25) is 0 Å². The zero-order valence-electron chi connectivity index (χ0n) is 10.2. The molecule has 4 N–H and O–H groups in total. The average Bonchev–Trinajstić information content (AvgIpc) is 2.29. The minimum atomic E-state index is -1.60. The number of carboxylic acid groups (broad SMARTS) is 1. The smallest absolute Gasteiger partial charge is 0.334 e. The highest BCUT2D eigenvalue weighted by atomic mass is 16.4. The summed E-state index contributed by atoms with van der Waals surface area (Å²) in [6.07, 6.45) is -1.60. The van der Waals surface area contributed by atoms with E-state index in [0.717, 1.165) is 11.1 Å². The Morgan fingerprint density at radius 3 is 2.56 bits per heavy atom. The van der Waals surface area contributed by atoms with Gasteiger partial charge in [0.05, 0.1) is 6.54 Å². The lowest BCUT2D eigenvalue weighted by atomic mass is 10.1. The SMILES string of the molecule is Cc1ccc(NC(=O)NC[C@H](O)C(=O)O)c(C)c1. The zero-order chi connectivity index (χ0) is 13.7. The van der Waals surface area contributed by atoms with Gasteiger partial charge in [0.1, 0.15) is 0 Å². The maximum atomic E-state index is 11.5. The summed E-state index contributed by atoms with van der Waals surface area (Å²) in [4.78, 5) is 21.8. The molecule has 0 saturated carbocycles. The van der Waals surface area contributed by atoms with Gasteiger partial charge in [0.15, 0.2) is 6.10 Å². The lowest BCUT2D eigenvalue weighted by molar-refractivity contribution is -0.146. The van der Waals surface area contributed by atoms with Crippen molar-refractivity contribution >= 4 is 17.7 Å². The number of aryl methyl sites for hydroxylation is 2. The normalized spacial score (nSPS) is 11.7. The van der Waals surface area contributed by atoms with E-state index >= 15 is 0 Å². The van der Waals surface area contributed by atoms with E-state index in [0.29, 0.717) is 5.69 Å². The molecule has 0 aliphatic heterocycles. The van der Waals surface area contributed by atoms with Crippen molar-refractivity contribution in [1.29, 1.82) is 0 Å². The van der Waals surface area contributed by atoms with Gasteiger partial charge in [-0.3, -0.25) is 0 Å². The number of rotatable bonds is 4. The Balaban J connectivity index is 2.52. The second-order valence-corrected chi connectivity index (χ2v) is 4.01. The summed E-state index contributed by atoms with van der Waals surface area (Å²) in [5.41, 5.74) is 2.63. The number of carbonyl (C=O) groups excluding carboxylic acids is 1. The quantitative estimate of drug-likeness (QED) is 0.639. The predicted molar refractivity (Wildman–Crippen MR) is 66.6 cm³/mol. The summed E-state index contributed by atoms with van der Waals surface area (Å²) in [7, 11) is 0. The molecular weight excluding hydrogens is 236 g/mol. The van der Waals surface area contributed by atoms with E-state index in [1.54, 1.807) is 6.07 Å². The molecule has 0 fully saturated rings. The molecule has 0 heterocycles. The Morgan fingerprint density at radius 2 is 2.00 bits per heavy atom. The van der Waals surface area contributed by atoms with E-state index in [-0.39, 0.29) is 6.54 Å². The number of aliphatic carboxylic acids is 1. The summed E-state index contributed by atoms with van der Waals surface area (Å²) < 4.78 is 0. The van der Waals surface area contributed by atoms with Gasteiger partial charge in [-0.1, -0.05) is 17.7 Å². The van der Waals surface area contributed by atoms with Gasteiger partial charge in [0.2, 0.25) is 0 Å². The number of aliphatic hydroxyl groups excluding tert-OH is 1. The number of nitrogens with one attached hydrogen (secondary N) is 2. The fraction of sp³-hybridized carbons (Fsp3) is 0.333. The number of carbonyl (C=O) groups is 2. The first-order valence-electron chi connectivity index (χ1n) is 5.43. The van der Waals surface area contributed by atoms with Crippen molar-refractivity contribution in [2.75, 3.05) is 11.9 Å². The number of amides is 2. The summed E-state index contributed by atoms with van der Waals surface area (Å²) in [5.74, 6) is -1.37. The number of anilines is 1.